The number of carbonyl (C=O) groups excluding carboxylic acids is 1. The highest BCUT2D eigenvalue weighted by molar-refractivity contribution is 7.49. The molecule has 1 saturated carbocycles. The van der Waals surface area contributed by atoms with E-state index in [9.17, 15) is 14.5 Å². The minimum atomic E-state index is -4.03. The number of hydrogen-bond acceptors (Lipinski definition) is 7. The summed E-state index contributed by atoms with van der Waals surface area (Å²) in [6.45, 7) is 0. The van der Waals surface area contributed by atoms with E-state index in [4.69, 9.17) is 13.6 Å². The number of phosphoric ester groups is 1. The van der Waals surface area contributed by atoms with E-state index in [0.717, 1.165) is 0 Å². The quantitative estimate of drug-likeness (QED) is 0.298. The van der Waals surface area contributed by atoms with E-state index in [-0.39, 0.29) is 11.8 Å². The van der Waals surface area contributed by atoms with Gasteiger partial charge in [0.05, 0.1) is 7.11 Å². The molecule has 0 radical (unpaired) electrons. The van der Waals surface area contributed by atoms with E-state index in [2.05, 4.69) is 16.6 Å². The van der Waals surface area contributed by atoms with Crippen LogP contribution < -0.4 is 9.05 Å². The molecule has 4 rings (SSSR count). The molecular formula is C24H23O7P. The van der Waals surface area contributed by atoms with E-state index < -0.39 is 19.4 Å². The second-order valence-corrected chi connectivity index (χ2v) is 9.23. The highest BCUT2D eigenvalue weighted by Gasteiger charge is 2.47. The molecule has 0 bridgehead atoms. The molecule has 2 aromatic carbocycles. The number of allylic oxidation sites excluding steroid dienone is 2. The van der Waals surface area contributed by atoms with Gasteiger partial charge in [-0.15, -0.1) is 0 Å². The summed E-state index contributed by atoms with van der Waals surface area (Å²) in [6.07, 6.45) is 3.00. The van der Waals surface area contributed by atoms with Gasteiger partial charge in [0, 0.05) is 12.3 Å². The molecule has 8 heteroatoms. The van der Waals surface area contributed by atoms with Gasteiger partial charge in [0.2, 0.25) is 0 Å². The monoisotopic (exact) mass is 454 g/mol. The van der Waals surface area contributed by atoms with Crippen LogP contribution >= 0.6 is 7.82 Å². The first-order valence-electron chi connectivity index (χ1n) is 10.2. The van der Waals surface area contributed by atoms with Crippen LogP contribution in [0.2, 0.25) is 0 Å². The number of para-hydroxylation sites is 2. The first kappa shape index (κ1) is 22.0. The molecule has 2 aliphatic rings. The summed E-state index contributed by atoms with van der Waals surface area (Å²) in [5.41, 5.74) is -1.27. The topological polar surface area (TPSA) is 91.3 Å². The van der Waals surface area contributed by atoms with Gasteiger partial charge >= 0.3 is 13.8 Å². The Labute approximate surface area is 186 Å². The highest BCUT2D eigenvalue weighted by Crippen LogP contribution is 2.55. The van der Waals surface area contributed by atoms with Gasteiger partial charge < -0.3 is 23.4 Å². The number of ether oxygens (including phenoxy) is 1. The lowest BCUT2D eigenvalue weighted by Gasteiger charge is -2.21. The lowest BCUT2D eigenvalue weighted by molar-refractivity contribution is -0.133. The third-order valence-electron chi connectivity index (χ3n) is 5.37. The van der Waals surface area contributed by atoms with E-state index in [1.807, 2.05) is 18.2 Å². The molecule has 1 fully saturated rings. The fourth-order valence-corrected chi connectivity index (χ4v) is 5.31. The predicted molar refractivity (Wildman–Crippen MR) is 116 cm³/mol. The van der Waals surface area contributed by atoms with E-state index in [1.165, 1.54) is 7.11 Å². The van der Waals surface area contributed by atoms with E-state index >= 15 is 0 Å². The Morgan fingerprint density at radius 3 is 2.12 bits per heavy atom. The van der Waals surface area contributed by atoms with Crippen LogP contribution in [0.3, 0.4) is 0 Å². The van der Waals surface area contributed by atoms with Crippen molar-refractivity contribution < 1.29 is 32.8 Å². The number of rotatable bonds is 6. The number of carbonyl (C=O) groups is 1. The molecule has 0 saturated heterocycles. The summed E-state index contributed by atoms with van der Waals surface area (Å²) in [5, 5.41) is 10.7. The normalized spacial score (nSPS) is 23.9. The Hall–Kier alpha value is -3.20. The second kappa shape index (κ2) is 9.12. The molecule has 2 aromatic rings. The molecule has 0 amide bonds. The molecule has 2 aliphatic carbocycles. The maximum Gasteiger partial charge on any atom is 0.646 e. The van der Waals surface area contributed by atoms with Gasteiger partial charge in [-0.2, -0.15) is 4.57 Å². The van der Waals surface area contributed by atoms with Crippen molar-refractivity contribution in [2.45, 2.75) is 24.9 Å². The van der Waals surface area contributed by atoms with Gasteiger partial charge in [-0.25, -0.2) is 4.79 Å². The van der Waals surface area contributed by atoms with Crippen molar-refractivity contribution in [3.63, 3.8) is 0 Å². The smallest absolute Gasteiger partial charge is 0.459 e. The van der Waals surface area contributed by atoms with Gasteiger partial charge in [-0.1, -0.05) is 42.3 Å². The Bertz CT molecular complexity index is 1060. The van der Waals surface area contributed by atoms with Gasteiger partial charge in [0.1, 0.15) is 22.9 Å². The molecule has 0 aliphatic heterocycles. The van der Waals surface area contributed by atoms with Crippen LogP contribution in [0.25, 0.3) is 0 Å². The fourth-order valence-electron chi connectivity index (χ4n) is 4.02. The zero-order valence-electron chi connectivity index (χ0n) is 17.5. The van der Waals surface area contributed by atoms with Crippen molar-refractivity contribution in [2.75, 3.05) is 7.11 Å². The predicted octanol–water partition coefficient (Wildman–Crippen LogP) is 4.49. The maximum atomic E-state index is 13.5. The molecule has 3 atom stereocenters. The maximum absolute atomic E-state index is 13.5. The number of hydrogen-bond donors (Lipinski definition) is 1. The summed E-state index contributed by atoms with van der Waals surface area (Å²) < 4.78 is 35.2. The van der Waals surface area contributed by atoms with Crippen LogP contribution in [-0.4, -0.2) is 23.8 Å². The first-order valence-corrected chi connectivity index (χ1v) is 11.7. The molecule has 0 heterocycles. The molecule has 7 nitrogen and oxygen atoms in total. The number of esters is 1. The SMILES string of the molecule is COC(=O)C#CC1(O)CC2C=C(OP(=O)(Oc3ccccc3)Oc3ccccc3)CC2C1. The molecule has 0 aromatic heterocycles. The lowest BCUT2D eigenvalue weighted by atomic mass is 9.99. The zero-order valence-corrected chi connectivity index (χ0v) is 18.4. The van der Waals surface area contributed by atoms with Crippen molar-refractivity contribution in [1.82, 2.24) is 0 Å². The Balaban J connectivity index is 1.50. The van der Waals surface area contributed by atoms with Crippen LogP contribution in [0.1, 0.15) is 19.3 Å². The molecule has 0 spiro atoms. The summed E-state index contributed by atoms with van der Waals surface area (Å²) >= 11 is 0. The third kappa shape index (κ3) is 5.34. The van der Waals surface area contributed by atoms with Crippen LogP contribution in [0, 0.1) is 23.7 Å². The van der Waals surface area contributed by atoms with E-state index in [0.29, 0.717) is 36.5 Å². The molecule has 3 unspecified atom stereocenters. The van der Waals surface area contributed by atoms with Gasteiger partial charge in [0.15, 0.2) is 0 Å². The van der Waals surface area contributed by atoms with E-state index in [1.54, 1.807) is 48.5 Å². The number of benzene rings is 2. The minimum Gasteiger partial charge on any atom is -0.459 e. The van der Waals surface area contributed by atoms with Crippen molar-refractivity contribution >= 4 is 13.8 Å². The summed E-state index contributed by atoms with van der Waals surface area (Å²) in [4.78, 5) is 11.3. The lowest BCUT2D eigenvalue weighted by Crippen LogP contribution is -2.23. The van der Waals surface area contributed by atoms with Gasteiger partial charge in [-0.3, -0.25) is 0 Å². The van der Waals surface area contributed by atoms with Gasteiger partial charge in [-0.05, 0) is 55.0 Å². The number of aliphatic hydroxyl groups is 1. The molecule has 166 valence electrons. The first-order chi connectivity index (χ1) is 15.4. The van der Waals surface area contributed by atoms with Crippen molar-refractivity contribution in [3.8, 4) is 23.3 Å². The van der Waals surface area contributed by atoms with Crippen molar-refractivity contribution in [3.05, 3.63) is 72.5 Å². The summed E-state index contributed by atoms with van der Waals surface area (Å²) in [6, 6.07) is 17.4. The van der Waals surface area contributed by atoms with Crippen molar-refractivity contribution in [1.29, 1.82) is 0 Å². The van der Waals surface area contributed by atoms with Crippen molar-refractivity contribution in [2.24, 2.45) is 11.8 Å². The summed E-state index contributed by atoms with van der Waals surface area (Å²) in [7, 11) is -2.79. The Morgan fingerprint density at radius 1 is 1.00 bits per heavy atom. The number of fused-ring (bicyclic) bond motifs is 1. The average molecular weight is 454 g/mol. The minimum absolute atomic E-state index is 0.0242. The number of methoxy groups -OCH3 is 1. The van der Waals surface area contributed by atoms with Crippen LogP contribution in [0.15, 0.2) is 72.5 Å². The molecular weight excluding hydrogens is 431 g/mol. The molecule has 32 heavy (non-hydrogen) atoms. The van der Waals surface area contributed by atoms with Crippen LogP contribution in [0.5, 0.6) is 11.5 Å². The Kier molecular flexibility index (Phi) is 6.27. The fraction of sp³-hybridized carbons (Fsp3) is 0.292. The van der Waals surface area contributed by atoms with Gasteiger partial charge in [0.25, 0.3) is 0 Å². The van der Waals surface area contributed by atoms with Crippen LogP contribution in [-0.2, 0) is 18.6 Å². The molecule has 1 N–H and O–H groups in total. The highest BCUT2D eigenvalue weighted by atomic mass is 31.2. The third-order valence-corrected chi connectivity index (χ3v) is 6.70. The zero-order chi connectivity index (χ0) is 22.6. The summed E-state index contributed by atoms with van der Waals surface area (Å²) in [5.74, 6) is 5.47. The standard InChI is InChI=1S/C24H23O7P/c1-28-23(25)12-13-24(26)16-18-14-22(15-19(18)17-24)31-32(27,29-20-8-4-2-5-9-20)30-21-10-6-3-7-11-21/h2-11,14,18-19,26H,15-17H2,1H3. The Morgan fingerprint density at radius 2 is 1.59 bits per heavy atom. The number of phosphoric acid groups is 1. The average Bonchev–Trinajstić information content (AvgIpc) is 3.27. The second-order valence-electron chi connectivity index (χ2n) is 7.79. The van der Waals surface area contributed by atoms with Crippen LogP contribution in [0.4, 0.5) is 0 Å². The largest absolute Gasteiger partial charge is 0.646 e.